The Bertz CT molecular complexity index is 714. The van der Waals surface area contributed by atoms with E-state index in [9.17, 15) is 4.79 Å². The van der Waals surface area contributed by atoms with E-state index in [0.29, 0.717) is 6.54 Å². The van der Waals surface area contributed by atoms with Crippen LogP contribution in [0.3, 0.4) is 0 Å². The molecule has 1 N–H and O–H groups in total. The van der Waals surface area contributed by atoms with Gasteiger partial charge in [0.25, 0.3) is 5.91 Å². The molecule has 140 valence electrons. The second-order valence-electron chi connectivity index (χ2n) is 7.92. The fourth-order valence-electron chi connectivity index (χ4n) is 2.81. The summed E-state index contributed by atoms with van der Waals surface area (Å²) in [4.78, 5) is 12.2. The number of rotatable bonds is 7. The predicted octanol–water partition coefficient (Wildman–Crippen LogP) is 4.81. The average Bonchev–Trinajstić information content (AvgIpc) is 2.58. The summed E-state index contributed by atoms with van der Waals surface area (Å²) in [5.74, 6) is 0.648. The van der Waals surface area contributed by atoms with Crippen LogP contribution in [0.1, 0.15) is 50.8 Å². The van der Waals surface area contributed by atoms with Gasteiger partial charge in [0, 0.05) is 6.54 Å². The molecule has 26 heavy (non-hydrogen) atoms. The molecule has 1 atom stereocenters. The Morgan fingerprint density at radius 1 is 1.12 bits per heavy atom. The topological polar surface area (TPSA) is 38.3 Å². The Morgan fingerprint density at radius 2 is 1.81 bits per heavy atom. The minimum absolute atomic E-state index is 0.0749. The first-order valence-electron chi connectivity index (χ1n) is 9.36. The average molecular weight is 354 g/mol. The molecule has 0 aliphatic heterocycles. The molecule has 3 heteroatoms. The van der Waals surface area contributed by atoms with E-state index in [1.54, 1.807) is 6.92 Å². The van der Waals surface area contributed by atoms with E-state index in [4.69, 9.17) is 4.74 Å². The Hall–Kier alpha value is -2.29. The van der Waals surface area contributed by atoms with Gasteiger partial charge in [0.1, 0.15) is 5.75 Å². The molecule has 2 aromatic carbocycles. The fraction of sp³-hybridized carbons (Fsp3) is 0.435. The fourth-order valence-corrected chi connectivity index (χ4v) is 2.81. The van der Waals surface area contributed by atoms with Gasteiger partial charge in [-0.15, -0.1) is 0 Å². The third-order valence-electron chi connectivity index (χ3n) is 4.43. The lowest BCUT2D eigenvalue weighted by Gasteiger charge is -2.20. The SMILES string of the molecule is Cc1cccc(CCCNC(=O)[C@@H](C)Oc2ccc(C(C)(C)C)cc2)c1. The molecule has 0 aromatic heterocycles. The van der Waals surface area contributed by atoms with Gasteiger partial charge in [-0.1, -0.05) is 62.7 Å². The van der Waals surface area contributed by atoms with Gasteiger partial charge in [-0.2, -0.15) is 0 Å². The Morgan fingerprint density at radius 3 is 2.42 bits per heavy atom. The van der Waals surface area contributed by atoms with Crippen molar-refractivity contribution in [1.82, 2.24) is 5.32 Å². The summed E-state index contributed by atoms with van der Waals surface area (Å²) in [7, 11) is 0. The van der Waals surface area contributed by atoms with E-state index in [2.05, 4.69) is 69.4 Å². The van der Waals surface area contributed by atoms with Crippen LogP contribution in [0, 0.1) is 6.92 Å². The first-order chi connectivity index (χ1) is 12.3. The first kappa shape index (κ1) is 20.0. The highest BCUT2D eigenvalue weighted by atomic mass is 16.5. The van der Waals surface area contributed by atoms with Crippen molar-refractivity contribution in [2.24, 2.45) is 0 Å². The van der Waals surface area contributed by atoms with Crippen LogP contribution in [0.15, 0.2) is 48.5 Å². The van der Waals surface area contributed by atoms with Gasteiger partial charge in [-0.05, 0) is 55.4 Å². The quantitative estimate of drug-likeness (QED) is 0.726. The highest BCUT2D eigenvalue weighted by molar-refractivity contribution is 5.80. The summed E-state index contributed by atoms with van der Waals surface area (Å²) in [6.07, 6.45) is 1.38. The second-order valence-corrected chi connectivity index (χ2v) is 7.92. The number of hydrogen-bond acceptors (Lipinski definition) is 2. The molecule has 0 aliphatic rings. The van der Waals surface area contributed by atoms with Crippen LogP contribution in [-0.2, 0) is 16.6 Å². The van der Waals surface area contributed by atoms with Crippen LogP contribution in [0.2, 0.25) is 0 Å². The van der Waals surface area contributed by atoms with Crippen molar-refractivity contribution in [3.05, 3.63) is 65.2 Å². The van der Waals surface area contributed by atoms with Crippen LogP contribution in [-0.4, -0.2) is 18.6 Å². The number of amides is 1. The normalized spacial score (nSPS) is 12.5. The van der Waals surface area contributed by atoms with Gasteiger partial charge < -0.3 is 10.1 Å². The molecule has 1 amide bonds. The molecule has 0 saturated carbocycles. The zero-order chi connectivity index (χ0) is 19.2. The van der Waals surface area contributed by atoms with Crippen molar-refractivity contribution < 1.29 is 9.53 Å². The van der Waals surface area contributed by atoms with Crippen LogP contribution in [0.25, 0.3) is 0 Å². The molecular formula is C23H31NO2. The van der Waals surface area contributed by atoms with Crippen molar-refractivity contribution >= 4 is 5.91 Å². The number of carbonyl (C=O) groups is 1. The Labute approximate surface area is 157 Å². The predicted molar refractivity (Wildman–Crippen MR) is 108 cm³/mol. The molecule has 2 aromatic rings. The van der Waals surface area contributed by atoms with Gasteiger partial charge in [-0.3, -0.25) is 4.79 Å². The third-order valence-corrected chi connectivity index (χ3v) is 4.43. The molecule has 0 radical (unpaired) electrons. The number of aryl methyl sites for hydroxylation is 2. The number of benzene rings is 2. The zero-order valence-electron chi connectivity index (χ0n) is 16.6. The molecule has 0 spiro atoms. The van der Waals surface area contributed by atoms with Crippen molar-refractivity contribution in [3.63, 3.8) is 0 Å². The van der Waals surface area contributed by atoms with E-state index >= 15 is 0 Å². The molecule has 0 unspecified atom stereocenters. The van der Waals surface area contributed by atoms with E-state index < -0.39 is 6.10 Å². The number of nitrogens with one attached hydrogen (secondary N) is 1. The smallest absolute Gasteiger partial charge is 0.260 e. The standard InChI is InChI=1S/C23H31NO2/c1-17-8-6-9-19(16-17)10-7-15-24-22(25)18(2)26-21-13-11-20(12-14-21)23(3,4)5/h6,8-9,11-14,16,18H,7,10,15H2,1-5H3,(H,24,25)/t18-/m1/s1. The highest BCUT2D eigenvalue weighted by Gasteiger charge is 2.16. The maximum atomic E-state index is 12.2. The van der Waals surface area contributed by atoms with Crippen LogP contribution in [0.4, 0.5) is 0 Å². The Kier molecular flexibility index (Phi) is 6.84. The summed E-state index contributed by atoms with van der Waals surface area (Å²) >= 11 is 0. The number of ether oxygens (including phenoxy) is 1. The van der Waals surface area contributed by atoms with E-state index in [-0.39, 0.29) is 11.3 Å². The minimum Gasteiger partial charge on any atom is -0.481 e. The summed E-state index contributed by atoms with van der Waals surface area (Å²) in [5.41, 5.74) is 3.94. The van der Waals surface area contributed by atoms with E-state index in [1.165, 1.54) is 16.7 Å². The van der Waals surface area contributed by atoms with Crippen LogP contribution in [0.5, 0.6) is 5.75 Å². The monoisotopic (exact) mass is 353 g/mol. The van der Waals surface area contributed by atoms with Gasteiger partial charge in [0.05, 0.1) is 0 Å². The lowest BCUT2D eigenvalue weighted by Crippen LogP contribution is -2.36. The van der Waals surface area contributed by atoms with E-state index in [1.807, 2.05) is 12.1 Å². The number of carbonyl (C=O) groups excluding carboxylic acids is 1. The molecule has 0 heterocycles. The van der Waals surface area contributed by atoms with Crippen molar-refractivity contribution in [1.29, 1.82) is 0 Å². The summed E-state index contributed by atoms with van der Waals surface area (Å²) in [5, 5.41) is 2.96. The van der Waals surface area contributed by atoms with Gasteiger partial charge in [0.2, 0.25) is 0 Å². The van der Waals surface area contributed by atoms with Crippen molar-refractivity contribution in [2.45, 2.75) is 59.0 Å². The molecule has 3 nitrogen and oxygen atoms in total. The third kappa shape index (κ3) is 6.21. The zero-order valence-corrected chi connectivity index (χ0v) is 16.6. The maximum absolute atomic E-state index is 12.2. The largest absolute Gasteiger partial charge is 0.481 e. The van der Waals surface area contributed by atoms with Gasteiger partial charge >= 0.3 is 0 Å². The lowest BCUT2D eigenvalue weighted by molar-refractivity contribution is -0.127. The minimum atomic E-state index is -0.505. The molecule has 0 bridgehead atoms. The molecule has 0 saturated heterocycles. The highest BCUT2D eigenvalue weighted by Crippen LogP contribution is 2.24. The van der Waals surface area contributed by atoms with Crippen LogP contribution >= 0.6 is 0 Å². The molecule has 2 rings (SSSR count). The summed E-state index contributed by atoms with van der Waals surface area (Å²) in [6, 6.07) is 16.5. The van der Waals surface area contributed by atoms with E-state index in [0.717, 1.165) is 18.6 Å². The number of hydrogen-bond donors (Lipinski definition) is 1. The summed E-state index contributed by atoms with van der Waals surface area (Å²) in [6.45, 7) is 11.1. The van der Waals surface area contributed by atoms with Gasteiger partial charge in [0.15, 0.2) is 6.10 Å². The maximum Gasteiger partial charge on any atom is 0.260 e. The van der Waals surface area contributed by atoms with Gasteiger partial charge in [-0.25, -0.2) is 0 Å². The van der Waals surface area contributed by atoms with Crippen molar-refractivity contribution in [3.8, 4) is 5.75 Å². The first-order valence-corrected chi connectivity index (χ1v) is 9.36. The molecule has 0 fully saturated rings. The second kappa shape index (κ2) is 8.88. The van der Waals surface area contributed by atoms with Crippen LogP contribution < -0.4 is 10.1 Å². The van der Waals surface area contributed by atoms with Crippen molar-refractivity contribution in [2.75, 3.05) is 6.54 Å². The molecule has 0 aliphatic carbocycles. The Balaban J connectivity index is 1.75. The lowest BCUT2D eigenvalue weighted by atomic mass is 9.87. The summed E-state index contributed by atoms with van der Waals surface area (Å²) < 4.78 is 5.76. The molecular weight excluding hydrogens is 322 g/mol.